The Bertz CT molecular complexity index is 1530. The molecule has 1 fully saturated rings. The van der Waals surface area contributed by atoms with Gasteiger partial charge in [-0.2, -0.15) is 5.10 Å². The number of aryl methyl sites for hydroxylation is 1. The highest BCUT2D eigenvalue weighted by molar-refractivity contribution is 6.00. The van der Waals surface area contributed by atoms with Crippen molar-refractivity contribution < 1.29 is 18.5 Å². The first-order chi connectivity index (χ1) is 19.3. The number of nitrogens with zero attached hydrogens (tertiary/aromatic N) is 5. The second-order valence-corrected chi connectivity index (χ2v) is 10.2. The molecule has 40 heavy (non-hydrogen) atoms. The Morgan fingerprint density at radius 2 is 2.08 bits per heavy atom. The number of amides is 3. The molecular weight excluding hydrogens is 515 g/mol. The second-order valence-electron chi connectivity index (χ2n) is 10.2. The number of hydrogen-bond acceptors (Lipinski definition) is 7. The number of benzene rings is 1. The van der Waals surface area contributed by atoms with Gasteiger partial charge in [-0.25, -0.2) is 14.2 Å². The standard InChI is InChI=1S/C28H33FN8O3/c1-5-19-14-23(35-40-19)27(38)31-15-18-9-8-17(13-21(18)29)20-10-11-30-25-24(20)26(34-33-25)32-22-7-6-12-37(16(22)2)28(39)36(3)4/h8-11,13-14,16,22H,5-7,12,15H2,1-4H3,(H,31,38)(H2,30,32,33,34)/t16-,22-/m1/s1. The van der Waals surface area contributed by atoms with Crippen molar-refractivity contribution in [1.29, 1.82) is 0 Å². The molecule has 0 saturated carbocycles. The van der Waals surface area contributed by atoms with E-state index in [1.807, 2.05) is 30.9 Å². The minimum absolute atomic E-state index is 0.00523. The van der Waals surface area contributed by atoms with Crippen molar-refractivity contribution in [1.82, 2.24) is 35.5 Å². The van der Waals surface area contributed by atoms with Crippen LogP contribution in [0.1, 0.15) is 48.5 Å². The van der Waals surface area contributed by atoms with E-state index in [0.29, 0.717) is 41.3 Å². The van der Waals surface area contributed by atoms with Gasteiger partial charge in [-0.3, -0.25) is 9.89 Å². The summed E-state index contributed by atoms with van der Waals surface area (Å²) in [5.41, 5.74) is 2.48. The average Bonchev–Trinajstić information content (AvgIpc) is 3.60. The van der Waals surface area contributed by atoms with E-state index >= 15 is 4.39 Å². The average molecular weight is 549 g/mol. The number of rotatable bonds is 7. The van der Waals surface area contributed by atoms with E-state index < -0.39 is 11.7 Å². The number of halogens is 1. The summed E-state index contributed by atoms with van der Waals surface area (Å²) in [6.07, 6.45) is 4.02. The number of piperidine rings is 1. The van der Waals surface area contributed by atoms with Crippen molar-refractivity contribution in [3.05, 3.63) is 59.4 Å². The van der Waals surface area contributed by atoms with Crippen molar-refractivity contribution in [3.8, 4) is 11.1 Å². The first-order valence-electron chi connectivity index (χ1n) is 13.4. The van der Waals surface area contributed by atoms with Gasteiger partial charge in [-0.05, 0) is 43.0 Å². The molecule has 1 saturated heterocycles. The lowest BCUT2D eigenvalue weighted by atomic mass is 9.97. The molecule has 0 unspecified atom stereocenters. The molecule has 12 heteroatoms. The zero-order valence-electron chi connectivity index (χ0n) is 23.0. The lowest BCUT2D eigenvalue weighted by molar-refractivity contribution is 0.0941. The van der Waals surface area contributed by atoms with Crippen LogP contribution in [-0.4, -0.2) is 74.8 Å². The zero-order chi connectivity index (χ0) is 28.4. The Labute approximate surface area is 231 Å². The summed E-state index contributed by atoms with van der Waals surface area (Å²) in [7, 11) is 3.50. The molecule has 210 valence electrons. The predicted octanol–water partition coefficient (Wildman–Crippen LogP) is 4.19. The molecule has 3 N–H and O–H groups in total. The molecule has 11 nitrogen and oxygen atoms in total. The predicted molar refractivity (Wildman–Crippen MR) is 148 cm³/mol. The Morgan fingerprint density at radius 1 is 1.25 bits per heavy atom. The number of fused-ring (bicyclic) bond motifs is 1. The van der Waals surface area contributed by atoms with Gasteiger partial charge in [0.15, 0.2) is 17.2 Å². The monoisotopic (exact) mass is 548 g/mol. The van der Waals surface area contributed by atoms with Crippen LogP contribution >= 0.6 is 0 Å². The number of urea groups is 1. The van der Waals surface area contributed by atoms with E-state index in [1.165, 1.54) is 6.07 Å². The number of H-pyrrole nitrogens is 1. The van der Waals surface area contributed by atoms with Crippen LogP contribution in [0, 0.1) is 5.82 Å². The lowest BCUT2D eigenvalue weighted by Crippen LogP contribution is -2.54. The topological polar surface area (TPSA) is 132 Å². The van der Waals surface area contributed by atoms with Gasteiger partial charge in [0.2, 0.25) is 0 Å². The third kappa shape index (κ3) is 5.33. The number of aromatic amines is 1. The van der Waals surface area contributed by atoms with Gasteiger partial charge < -0.3 is 25.0 Å². The van der Waals surface area contributed by atoms with Crippen molar-refractivity contribution >= 4 is 28.8 Å². The van der Waals surface area contributed by atoms with E-state index in [1.54, 1.807) is 37.3 Å². The highest BCUT2D eigenvalue weighted by atomic mass is 19.1. The molecule has 0 spiro atoms. The maximum absolute atomic E-state index is 15.2. The molecule has 3 aromatic heterocycles. The number of hydrogen-bond donors (Lipinski definition) is 3. The third-order valence-electron chi connectivity index (χ3n) is 7.34. The second kappa shape index (κ2) is 11.3. The van der Waals surface area contributed by atoms with Crippen molar-refractivity contribution in [2.24, 2.45) is 0 Å². The normalized spacial score (nSPS) is 17.2. The Kier molecular flexibility index (Phi) is 7.67. The molecule has 0 radical (unpaired) electrons. The summed E-state index contributed by atoms with van der Waals surface area (Å²) >= 11 is 0. The van der Waals surface area contributed by atoms with Crippen LogP contribution in [0.4, 0.5) is 15.0 Å². The van der Waals surface area contributed by atoms with Crippen molar-refractivity contribution in [3.63, 3.8) is 0 Å². The summed E-state index contributed by atoms with van der Waals surface area (Å²) in [6.45, 7) is 4.64. The fourth-order valence-corrected chi connectivity index (χ4v) is 5.05. The van der Waals surface area contributed by atoms with Crippen molar-refractivity contribution in [2.75, 3.05) is 26.0 Å². The molecule has 2 atom stereocenters. The number of pyridine rings is 1. The number of carbonyl (C=O) groups excluding carboxylic acids is 2. The molecule has 3 amide bonds. The van der Waals surface area contributed by atoms with Crippen molar-refractivity contribution in [2.45, 2.75) is 51.7 Å². The van der Waals surface area contributed by atoms with Gasteiger partial charge in [-0.1, -0.05) is 24.2 Å². The minimum atomic E-state index is -0.450. The quantitative estimate of drug-likeness (QED) is 0.315. The highest BCUT2D eigenvalue weighted by Crippen LogP contribution is 2.34. The van der Waals surface area contributed by atoms with Crippen LogP contribution in [0.5, 0.6) is 0 Å². The lowest BCUT2D eigenvalue weighted by Gasteiger charge is -2.40. The summed E-state index contributed by atoms with van der Waals surface area (Å²) in [4.78, 5) is 32.9. The largest absolute Gasteiger partial charge is 0.363 e. The zero-order valence-corrected chi connectivity index (χ0v) is 23.0. The van der Waals surface area contributed by atoms with Crippen LogP contribution in [-0.2, 0) is 13.0 Å². The number of anilines is 1. The number of nitrogens with one attached hydrogen (secondary N) is 3. The summed E-state index contributed by atoms with van der Waals surface area (Å²) in [5.74, 6) is 0.327. The van der Waals surface area contributed by atoms with Crippen LogP contribution in [0.25, 0.3) is 22.2 Å². The first-order valence-corrected chi connectivity index (χ1v) is 13.4. The molecule has 1 aliphatic heterocycles. The smallest absolute Gasteiger partial charge is 0.319 e. The third-order valence-corrected chi connectivity index (χ3v) is 7.34. The molecule has 0 aliphatic carbocycles. The maximum atomic E-state index is 15.2. The first kappa shape index (κ1) is 27.1. The fourth-order valence-electron chi connectivity index (χ4n) is 5.05. The van der Waals surface area contributed by atoms with Gasteiger partial charge in [0.1, 0.15) is 11.6 Å². The molecular formula is C28H33FN8O3. The van der Waals surface area contributed by atoms with Gasteiger partial charge >= 0.3 is 6.03 Å². The van der Waals surface area contributed by atoms with E-state index in [9.17, 15) is 9.59 Å². The van der Waals surface area contributed by atoms with Crippen LogP contribution in [0.2, 0.25) is 0 Å². The fraction of sp³-hybridized carbons (Fsp3) is 0.393. The molecule has 0 bridgehead atoms. The minimum Gasteiger partial charge on any atom is -0.363 e. The van der Waals surface area contributed by atoms with Gasteiger partial charge in [-0.15, -0.1) is 0 Å². The van der Waals surface area contributed by atoms with Gasteiger partial charge in [0, 0.05) is 57.5 Å². The molecule has 4 heterocycles. The summed E-state index contributed by atoms with van der Waals surface area (Å²) < 4.78 is 20.3. The van der Waals surface area contributed by atoms with Crippen LogP contribution in [0.3, 0.4) is 0 Å². The molecule has 4 aromatic rings. The summed E-state index contributed by atoms with van der Waals surface area (Å²) in [5, 5.41) is 18.1. The number of aromatic nitrogens is 4. The van der Waals surface area contributed by atoms with Gasteiger partial charge in [0.25, 0.3) is 5.91 Å². The van der Waals surface area contributed by atoms with E-state index in [4.69, 9.17) is 4.52 Å². The van der Waals surface area contributed by atoms with Crippen LogP contribution < -0.4 is 10.6 Å². The van der Waals surface area contributed by atoms with E-state index in [-0.39, 0.29) is 30.4 Å². The molecule has 1 aliphatic rings. The van der Waals surface area contributed by atoms with E-state index in [2.05, 4.69) is 31.0 Å². The Morgan fingerprint density at radius 3 is 2.80 bits per heavy atom. The highest BCUT2D eigenvalue weighted by Gasteiger charge is 2.32. The van der Waals surface area contributed by atoms with E-state index in [0.717, 1.165) is 23.8 Å². The maximum Gasteiger partial charge on any atom is 0.319 e. The summed E-state index contributed by atoms with van der Waals surface area (Å²) in [6, 6.07) is 8.21. The SMILES string of the molecule is CCc1cc(C(=O)NCc2ccc(-c3ccnc4[nH]nc(N[C@@H]5CCCN(C(=O)N(C)C)[C@@H]5C)c34)cc2F)no1. The number of carbonyl (C=O) groups is 2. The Hall–Kier alpha value is -4.48. The molecule has 5 rings (SSSR count). The Balaban J connectivity index is 1.36. The number of likely N-dealkylation sites (tertiary alicyclic amines) is 1. The van der Waals surface area contributed by atoms with Crippen LogP contribution in [0.15, 0.2) is 41.1 Å². The molecule has 1 aromatic carbocycles. The van der Waals surface area contributed by atoms with Gasteiger partial charge in [0.05, 0.1) is 11.4 Å².